The number of nitrogens with one attached hydrogen (secondary N) is 1. The molecular weight excluding hydrogens is 194 g/mol. The Labute approximate surface area is 94.7 Å². The molecule has 3 aromatic rings. The number of fused-ring (bicyclic) bond motifs is 2. The summed E-state index contributed by atoms with van der Waals surface area (Å²) in [4.78, 5) is 3.49. The van der Waals surface area contributed by atoms with E-state index in [1.54, 1.807) is 0 Å². The minimum atomic E-state index is 1.21. The van der Waals surface area contributed by atoms with Crippen LogP contribution in [0.4, 0.5) is 0 Å². The van der Waals surface area contributed by atoms with Gasteiger partial charge in [-0.05, 0) is 43.2 Å². The molecule has 0 unspecified atom stereocenters. The highest BCUT2D eigenvalue weighted by Gasteiger charge is 2.05. The van der Waals surface area contributed by atoms with Gasteiger partial charge in [0.15, 0.2) is 0 Å². The third-order valence-corrected chi connectivity index (χ3v) is 3.00. The van der Waals surface area contributed by atoms with Crippen molar-refractivity contribution in [2.75, 3.05) is 0 Å². The quantitative estimate of drug-likeness (QED) is 0.503. The summed E-state index contributed by atoms with van der Waals surface area (Å²) in [7, 11) is 0. The van der Waals surface area contributed by atoms with Crippen molar-refractivity contribution in [3.63, 3.8) is 0 Å². The number of aryl methyl sites for hydroxylation is 2. The second-order valence-electron chi connectivity index (χ2n) is 4.45. The number of aromatic amines is 1. The Morgan fingerprint density at radius 1 is 0.688 bits per heavy atom. The zero-order chi connectivity index (χ0) is 11.1. The molecule has 0 fully saturated rings. The molecule has 1 heteroatoms. The molecule has 1 N–H and O–H groups in total. The fourth-order valence-corrected chi connectivity index (χ4v) is 2.12. The van der Waals surface area contributed by atoms with Crippen LogP contribution in [-0.2, 0) is 0 Å². The van der Waals surface area contributed by atoms with E-state index in [0.29, 0.717) is 0 Å². The molecule has 0 saturated carbocycles. The third-order valence-electron chi connectivity index (χ3n) is 3.00. The lowest BCUT2D eigenvalue weighted by atomic mass is 10.1. The second kappa shape index (κ2) is 3.31. The molecule has 3 rings (SSSR count). The van der Waals surface area contributed by atoms with E-state index in [1.807, 2.05) is 0 Å². The molecule has 1 heterocycles. The molecular formula is C15H14N+. The van der Waals surface area contributed by atoms with Gasteiger partial charge in [-0.2, -0.15) is 0 Å². The molecule has 0 saturated heterocycles. The first-order valence-corrected chi connectivity index (χ1v) is 5.55. The van der Waals surface area contributed by atoms with Crippen molar-refractivity contribution in [1.82, 2.24) is 0 Å². The lowest BCUT2D eigenvalue weighted by Crippen LogP contribution is -2.05. The first-order chi connectivity index (χ1) is 7.72. The van der Waals surface area contributed by atoms with E-state index in [1.165, 1.54) is 32.9 Å². The minimum absolute atomic E-state index is 1.21. The molecule has 0 atom stereocenters. The molecule has 0 bridgehead atoms. The third kappa shape index (κ3) is 1.45. The Balaban J connectivity index is 2.44. The van der Waals surface area contributed by atoms with Gasteiger partial charge in [-0.15, -0.1) is 0 Å². The summed E-state index contributed by atoms with van der Waals surface area (Å²) < 4.78 is 0. The van der Waals surface area contributed by atoms with Crippen molar-refractivity contribution >= 4 is 21.8 Å². The van der Waals surface area contributed by atoms with Gasteiger partial charge in [-0.1, -0.05) is 12.1 Å². The molecule has 0 radical (unpaired) electrons. The summed E-state index contributed by atoms with van der Waals surface area (Å²) >= 11 is 0. The Morgan fingerprint density at radius 3 is 1.69 bits per heavy atom. The standard InChI is InChI=1S/C15H13N/c1-10-3-5-12-9-13-6-4-11(2)8-15(13)16-14(12)7-10/h3-9H,1-2H3/p+1. The molecule has 16 heavy (non-hydrogen) atoms. The summed E-state index contributed by atoms with van der Waals surface area (Å²) in [5.41, 5.74) is 4.99. The number of rotatable bonds is 0. The van der Waals surface area contributed by atoms with Gasteiger partial charge in [0.25, 0.3) is 0 Å². The number of aromatic nitrogens is 1. The summed E-state index contributed by atoms with van der Waals surface area (Å²) in [6.45, 7) is 4.24. The van der Waals surface area contributed by atoms with Gasteiger partial charge in [0.2, 0.25) is 11.0 Å². The average molecular weight is 208 g/mol. The Kier molecular flexibility index (Phi) is 1.93. The van der Waals surface area contributed by atoms with Crippen molar-refractivity contribution < 1.29 is 4.98 Å². The number of hydrogen-bond donors (Lipinski definition) is 0. The van der Waals surface area contributed by atoms with E-state index in [-0.39, 0.29) is 0 Å². The lowest BCUT2D eigenvalue weighted by molar-refractivity contribution is -0.310. The van der Waals surface area contributed by atoms with Crippen LogP contribution in [0.3, 0.4) is 0 Å². The zero-order valence-corrected chi connectivity index (χ0v) is 9.54. The fraction of sp³-hybridized carbons (Fsp3) is 0.133. The van der Waals surface area contributed by atoms with Crippen molar-refractivity contribution in [2.24, 2.45) is 0 Å². The SMILES string of the molecule is Cc1ccc2cc3ccc(C)cc3[nH+]c2c1. The second-order valence-corrected chi connectivity index (χ2v) is 4.45. The van der Waals surface area contributed by atoms with E-state index < -0.39 is 0 Å². The minimum Gasteiger partial charge on any atom is -0.204 e. The van der Waals surface area contributed by atoms with E-state index >= 15 is 0 Å². The number of benzene rings is 2. The number of hydrogen-bond acceptors (Lipinski definition) is 0. The monoisotopic (exact) mass is 208 g/mol. The summed E-state index contributed by atoms with van der Waals surface area (Å²) in [6, 6.07) is 15.3. The maximum Gasteiger partial charge on any atom is 0.211 e. The van der Waals surface area contributed by atoms with Crippen LogP contribution in [-0.4, -0.2) is 0 Å². The van der Waals surface area contributed by atoms with Gasteiger partial charge in [-0.25, -0.2) is 4.98 Å². The Hall–Kier alpha value is -1.89. The van der Waals surface area contributed by atoms with E-state index in [9.17, 15) is 0 Å². The first kappa shape index (κ1) is 9.34. The van der Waals surface area contributed by atoms with Crippen molar-refractivity contribution in [1.29, 1.82) is 0 Å². The van der Waals surface area contributed by atoms with Gasteiger partial charge in [-0.3, -0.25) is 0 Å². The summed E-state index contributed by atoms with van der Waals surface area (Å²) in [6.07, 6.45) is 0. The van der Waals surface area contributed by atoms with Gasteiger partial charge >= 0.3 is 0 Å². The molecule has 1 aromatic heterocycles. The van der Waals surface area contributed by atoms with E-state index in [0.717, 1.165) is 0 Å². The molecule has 0 aliphatic carbocycles. The molecule has 2 aromatic carbocycles. The Bertz CT molecular complexity index is 626. The normalized spacial score (nSPS) is 11.1. The van der Waals surface area contributed by atoms with Crippen LogP contribution in [0.25, 0.3) is 21.8 Å². The average Bonchev–Trinajstić information content (AvgIpc) is 2.26. The van der Waals surface area contributed by atoms with Gasteiger partial charge in [0.05, 0.1) is 0 Å². The van der Waals surface area contributed by atoms with Crippen LogP contribution in [0.5, 0.6) is 0 Å². The zero-order valence-electron chi connectivity index (χ0n) is 9.54. The van der Waals surface area contributed by atoms with E-state index in [2.05, 4.69) is 61.3 Å². The predicted octanol–water partition coefficient (Wildman–Crippen LogP) is 3.42. The van der Waals surface area contributed by atoms with Crippen LogP contribution in [0.15, 0.2) is 42.5 Å². The van der Waals surface area contributed by atoms with Crippen molar-refractivity contribution in [3.8, 4) is 0 Å². The molecule has 0 spiro atoms. The smallest absolute Gasteiger partial charge is 0.204 e. The van der Waals surface area contributed by atoms with E-state index in [4.69, 9.17) is 0 Å². The van der Waals surface area contributed by atoms with Crippen molar-refractivity contribution in [2.45, 2.75) is 13.8 Å². The van der Waals surface area contributed by atoms with Crippen molar-refractivity contribution in [3.05, 3.63) is 53.6 Å². The van der Waals surface area contributed by atoms with Crippen LogP contribution in [0.1, 0.15) is 11.1 Å². The first-order valence-electron chi connectivity index (χ1n) is 5.55. The topological polar surface area (TPSA) is 14.1 Å². The molecule has 78 valence electrons. The number of H-pyrrole nitrogens is 1. The highest BCUT2D eigenvalue weighted by atomic mass is 14.7. The van der Waals surface area contributed by atoms with Crippen LogP contribution < -0.4 is 4.98 Å². The maximum absolute atomic E-state index is 3.49. The number of pyridine rings is 1. The van der Waals surface area contributed by atoms with Crippen LogP contribution >= 0.6 is 0 Å². The fourth-order valence-electron chi connectivity index (χ4n) is 2.12. The summed E-state index contributed by atoms with van der Waals surface area (Å²) in [5.74, 6) is 0. The lowest BCUT2D eigenvalue weighted by Gasteiger charge is -1.98. The molecule has 0 aliphatic rings. The highest BCUT2D eigenvalue weighted by molar-refractivity contribution is 5.88. The maximum atomic E-state index is 3.49. The molecule has 1 nitrogen and oxygen atoms in total. The molecule has 0 amide bonds. The van der Waals surface area contributed by atoms with Crippen LogP contribution in [0.2, 0.25) is 0 Å². The van der Waals surface area contributed by atoms with Crippen LogP contribution in [0, 0.1) is 13.8 Å². The Morgan fingerprint density at radius 2 is 1.19 bits per heavy atom. The summed E-state index contributed by atoms with van der Waals surface area (Å²) in [5, 5.41) is 2.53. The van der Waals surface area contributed by atoms with Gasteiger partial charge < -0.3 is 0 Å². The molecule has 0 aliphatic heterocycles. The largest absolute Gasteiger partial charge is 0.211 e. The predicted molar refractivity (Wildman–Crippen MR) is 67.5 cm³/mol. The van der Waals surface area contributed by atoms with Gasteiger partial charge in [0.1, 0.15) is 0 Å². The highest BCUT2D eigenvalue weighted by Crippen LogP contribution is 2.18. The van der Waals surface area contributed by atoms with Gasteiger partial charge in [0, 0.05) is 22.9 Å².